The fourth-order valence-corrected chi connectivity index (χ4v) is 2.82. The minimum Gasteiger partial charge on any atom is -0.388 e. The molecule has 0 saturated carbocycles. The van der Waals surface area contributed by atoms with E-state index in [1.54, 1.807) is 0 Å². The third-order valence-electron chi connectivity index (χ3n) is 3.56. The Morgan fingerprint density at radius 1 is 1.35 bits per heavy atom. The van der Waals surface area contributed by atoms with E-state index in [4.69, 9.17) is 0 Å². The van der Waals surface area contributed by atoms with Gasteiger partial charge >= 0.3 is 0 Å². The Morgan fingerprint density at radius 2 is 2.10 bits per heavy atom. The highest BCUT2D eigenvalue weighted by atomic mass is 79.9. The summed E-state index contributed by atoms with van der Waals surface area (Å²) in [7, 11) is 0. The van der Waals surface area contributed by atoms with E-state index < -0.39 is 6.10 Å². The van der Waals surface area contributed by atoms with Gasteiger partial charge in [-0.3, -0.25) is 4.68 Å². The van der Waals surface area contributed by atoms with Crippen LogP contribution in [0.5, 0.6) is 0 Å². The Hall–Kier alpha value is -1.13. The van der Waals surface area contributed by atoms with E-state index in [0.29, 0.717) is 12.5 Å². The van der Waals surface area contributed by atoms with E-state index in [2.05, 4.69) is 34.9 Å². The summed E-state index contributed by atoms with van der Waals surface area (Å²) in [4.78, 5) is 0. The summed E-state index contributed by atoms with van der Waals surface area (Å²) in [5.41, 5.74) is 2.99. The maximum Gasteiger partial charge on any atom is 0.0846 e. The zero-order valence-corrected chi connectivity index (χ0v) is 13.8. The number of aliphatic hydroxyl groups excluding tert-OH is 1. The van der Waals surface area contributed by atoms with Crippen LogP contribution in [-0.4, -0.2) is 14.9 Å². The molecule has 0 bridgehead atoms. The number of nitrogens with zero attached hydrogens (tertiary/aromatic N) is 2. The van der Waals surface area contributed by atoms with Crippen molar-refractivity contribution in [1.29, 1.82) is 0 Å². The number of hydrogen-bond donors (Lipinski definition) is 1. The fraction of sp³-hybridized carbons (Fsp3) is 0.438. The first-order valence-corrected chi connectivity index (χ1v) is 7.78. The van der Waals surface area contributed by atoms with Crippen LogP contribution in [-0.2, 0) is 6.42 Å². The zero-order chi connectivity index (χ0) is 14.7. The van der Waals surface area contributed by atoms with Crippen LogP contribution in [0.2, 0.25) is 0 Å². The molecule has 1 heterocycles. The van der Waals surface area contributed by atoms with Gasteiger partial charge in [-0.2, -0.15) is 5.10 Å². The normalized spacial score (nSPS) is 14.2. The first kappa shape index (κ1) is 15.3. The number of aryl methyl sites for hydroxylation is 1. The lowest BCUT2D eigenvalue weighted by molar-refractivity contribution is 0.176. The molecule has 1 aromatic heterocycles. The molecule has 2 atom stereocenters. The van der Waals surface area contributed by atoms with Gasteiger partial charge in [0, 0.05) is 23.1 Å². The molecule has 0 radical (unpaired) electrons. The number of rotatable bonds is 5. The van der Waals surface area contributed by atoms with Crippen molar-refractivity contribution in [1.82, 2.24) is 9.78 Å². The second-order valence-corrected chi connectivity index (χ2v) is 6.24. The van der Waals surface area contributed by atoms with Crippen molar-refractivity contribution >= 4 is 15.9 Å². The number of halogens is 1. The van der Waals surface area contributed by atoms with Crippen LogP contribution >= 0.6 is 15.9 Å². The summed E-state index contributed by atoms with van der Waals surface area (Å²) in [5.74, 6) is 0. The summed E-state index contributed by atoms with van der Waals surface area (Å²) in [6.07, 6.45) is 3.06. The number of hydrogen-bond acceptors (Lipinski definition) is 2. The number of benzene rings is 1. The maximum atomic E-state index is 10.4. The van der Waals surface area contributed by atoms with E-state index in [0.717, 1.165) is 27.7 Å². The van der Waals surface area contributed by atoms with Crippen molar-refractivity contribution in [3.63, 3.8) is 0 Å². The van der Waals surface area contributed by atoms with Crippen molar-refractivity contribution in [2.45, 2.75) is 45.8 Å². The Morgan fingerprint density at radius 3 is 2.75 bits per heavy atom. The van der Waals surface area contributed by atoms with Gasteiger partial charge in [0.1, 0.15) is 0 Å². The molecule has 4 heteroatoms. The highest BCUT2D eigenvalue weighted by Gasteiger charge is 2.12. The van der Waals surface area contributed by atoms with Gasteiger partial charge in [0.05, 0.1) is 11.8 Å². The first-order chi connectivity index (χ1) is 9.49. The topological polar surface area (TPSA) is 38.0 Å². The standard InChI is InChI=1S/C16H21BrN2O/c1-4-12(3)19-6-5-15(18-19)10-16(20)13-7-11(2)8-14(17)9-13/h5-9,12,16,20H,4,10H2,1-3H3. The van der Waals surface area contributed by atoms with E-state index in [1.165, 1.54) is 0 Å². The first-order valence-electron chi connectivity index (χ1n) is 6.98. The predicted octanol–water partition coefficient (Wildman–Crippen LogP) is 4.20. The summed E-state index contributed by atoms with van der Waals surface area (Å²) < 4.78 is 2.96. The molecule has 108 valence electrons. The smallest absolute Gasteiger partial charge is 0.0846 e. The molecule has 0 amide bonds. The average molecular weight is 337 g/mol. The molecule has 1 aromatic carbocycles. The summed E-state index contributed by atoms with van der Waals surface area (Å²) in [5, 5.41) is 14.9. The molecular formula is C16H21BrN2O. The Kier molecular flexibility index (Phi) is 5.00. The van der Waals surface area contributed by atoms with Crippen molar-refractivity contribution in [2.24, 2.45) is 0 Å². The Bertz CT molecular complexity index is 559. The minimum absolute atomic E-state index is 0.397. The van der Waals surface area contributed by atoms with E-state index in [1.807, 2.05) is 42.1 Å². The van der Waals surface area contributed by atoms with Crippen molar-refractivity contribution in [3.05, 3.63) is 51.8 Å². The molecule has 0 aliphatic rings. The van der Waals surface area contributed by atoms with Gasteiger partial charge in [-0.05, 0) is 49.6 Å². The number of aliphatic hydroxyl groups is 1. The Labute approximate surface area is 128 Å². The zero-order valence-electron chi connectivity index (χ0n) is 12.2. The quantitative estimate of drug-likeness (QED) is 0.888. The third-order valence-corrected chi connectivity index (χ3v) is 4.02. The summed E-state index contributed by atoms with van der Waals surface area (Å²) >= 11 is 3.47. The molecule has 0 aliphatic heterocycles. The van der Waals surface area contributed by atoms with Crippen molar-refractivity contribution in [2.75, 3.05) is 0 Å². The van der Waals surface area contributed by atoms with Gasteiger partial charge in [-0.25, -0.2) is 0 Å². The summed E-state index contributed by atoms with van der Waals surface area (Å²) in [6.45, 7) is 6.31. The largest absolute Gasteiger partial charge is 0.388 e. The fourth-order valence-electron chi connectivity index (χ4n) is 2.19. The third kappa shape index (κ3) is 3.70. The molecular weight excluding hydrogens is 316 g/mol. The lowest BCUT2D eigenvalue weighted by atomic mass is 10.0. The molecule has 0 spiro atoms. The summed E-state index contributed by atoms with van der Waals surface area (Å²) in [6, 6.07) is 8.40. The lowest BCUT2D eigenvalue weighted by Crippen LogP contribution is -2.07. The van der Waals surface area contributed by atoms with Gasteiger partial charge in [0.15, 0.2) is 0 Å². The highest BCUT2D eigenvalue weighted by molar-refractivity contribution is 9.10. The van der Waals surface area contributed by atoms with E-state index in [9.17, 15) is 5.11 Å². The van der Waals surface area contributed by atoms with Crippen LogP contribution < -0.4 is 0 Å². The van der Waals surface area contributed by atoms with Crippen molar-refractivity contribution < 1.29 is 5.11 Å². The van der Waals surface area contributed by atoms with Crippen LogP contribution in [0.3, 0.4) is 0 Å². The van der Waals surface area contributed by atoms with Crippen LogP contribution in [0.4, 0.5) is 0 Å². The van der Waals surface area contributed by atoms with Crippen LogP contribution in [0.25, 0.3) is 0 Å². The number of aromatic nitrogens is 2. The molecule has 3 nitrogen and oxygen atoms in total. The van der Waals surface area contributed by atoms with Crippen molar-refractivity contribution in [3.8, 4) is 0 Å². The molecule has 2 aromatic rings. The second kappa shape index (κ2) is 6.55. The van der Waals surface area contributed by atoms with E-state index >= 15 is 0 Å². The van der Waals surface area contributed by atoms with Gasteiger partial charge in [0.2, 0.25) is 0 Å². The predicted molar refractivity (Wildman–Crippen MR) is 84.8 cm³/mol. The second-order valence-electron chi connectivity index (χ2n) is 5.33. The minimum atomic E-state index is -0.522. The monoisotopic (exact) mass is 336 g/mol. The van der Waals surface area contributed by atoms with E-state index in [-0.39, 0.29) is 0 Å². The maximum absolute atomic E-state index is 10.4. The average Bonchev–Trinajstić information content (AvgIpc) is 2.85. The molecule has 0 saturated heterocycles. The Balaban J connectivity index is 2.11. The molecule has 2 rings (SSSR count). The van der Waals surface area contributed by atoms with Crippen LogP contribution in [0.15, 0.2) is 34.9 Å². The van der Waals surface area contributed by atoms with Gasteiger partial charge in [-0.15, -0.1) is 0 Å². The van der Waals surface area contributed by atoms with Crippen LogP contribution in [0, 0.1) is 6.92 Å². The molecule has 20 heavy (non-hydrogen) atoms. The SMILES string of the molecule is CCC(C)n1ccc(CC(O)c2cc(C)cc(Br)c2)n1. The molecule has 0 aliphatic carbocycles. The molecule has 1 N–H and O–H groups in total. The van der Waals surface area contributed by atoms with Gasteiger partial charge in [0.25, 0.3) is 0 Å². The lowest BCUT2D eigenvalue weighted by Gasteiger charge is -2.12. The molecule has 2 unspecified atom stereocenters. The van der Waals surface area contributed by atoms with Gasteiger partial charge < -0.3 is 5.11 Å². The highest BCUT2D eigenvalue weighted by Crippen LogP contribution is 2.23. The van der Waals surface area contributed by atoms with Gasteiger partial charge in [-0.1, -0.05) is 28.9 Å². The molecule has 0 fully saturated rings. The van der Waals surface area contributed by atoms with Crippen LogP contribution in [0.1, 0.15) is 49.2 Å².